The third kappa shape index (κ3) is 2.28. The van der Waals surface area contributed by atoms with Gasteiger partial charge in [0.25, 0.3) is 0 Å². The maximum absolute atomic E-state index is 12.7. The summed E-state index contributed by atoms with van der Waals surface area (Å²) in [7, 11) is 1.43. The highest BCUT2D eigenvalue weighted by Gasteiger charge is 2.12. The van der Waals surface area contributed by atoms with E-state index >= 15 is 0 Å². The van der Waals surface area contributed by atoms with E-state index in [1.54, 1.807) is 0 Å². The van der Waals surface area contributed by atoms with Gasteiger partial charge in [0.2, 0.25) is 0 Å². The molecule has 0 aliphatic heterocycles. The lowest BCUT2D eigenvalue weighted by Crippen LogP contribution is -1.96. The van der Waals surface area contributed by atoms with Crippen molar-refractivity contribution < 1.29 is 13.9 Å². The van der Waals surface area contributed by atoms with Crippen LogP contribution in [0, 0.1) is 5.82 Å². The molecule has 0 saturated heterocycles. The SMILES string of the molecule is COc1cc(F)ccc1C(Br)C=O. The molecule has 1 unspecified atom stereocenters. The summed E-state index contributed by atoms with van der Waals surface area (Å²) in [4.78, 5) is 10.0. The van der Waals surface area contributed by atoms with Gasteiger partial charge < -0.3 is 9.53 Å². The molecule has 2 nitrogen and oxygen atoms in total. The fraction of sp³-hybridized carbons (Fsp3) is 0.222. The molecule has 0 fully saturated rings. The third-order valence-electron chi connectivity index (χ3n) is 1.61. The van der Waals surface area contributed by atoms with Crippen molar-refractivity contribution in [2.45, 2.75) is 4.83 Å². The summed E-state index contributed by atoms with van der Waals surface area (Å²) in [5, 5.41) is 0. The van der Waals surface area contributed by atoms with Gasteiger partial charge in [-0.25, -0.2) is 4.39 Å². The normalized spacial score (nSPS) is 12.2. The molecular formula is C9H8BrFO2. The second-order valence-electron chi connectivity index (χ2n) is 2.42. The maximum atomic E-state index is 12.7. The topological polar surface area (TPSA) is 26.3 Å². The first kappa shape index (κ1) is 10.2. The largest absolute Gasteiger partial charge is 0.496 e. The Morgan fingerprint density at radius 1 is 1.62 bits per heavy atom. The Morgan fingerprint density at radius 3 is 2.85 bits per heavy atom. The Kier molecular flexibility index (Phi) is 3.42. The van der Waals surface area contributed by atoms with Crippen LogP contribution in [0.15, 0.2) is 18.2 Å². The summed E-state index contributed by atoms with van der Waals surface area (Å²) in [5.41, 5.74) is 0.624. The van der Waals surface area contributed by atoms with E-state index in [0.29, 0.717) is 11.3 Å². The predicted molar refractivity (Wildman–Crippen MR) is 50.7 cm³/mol. The lowest BCUT2D eigenvalue weighted by Gasteiger charge is -2.08. The fourth-order valence-corrected chi connectivity index (χ4v) is 1.36. The molecule has 1 atom stereocenters. The van der Waals surface area contributed by atoms with Crippen molar-refractivity contribution in [2.24, 2.45) is 0 Å². The number of rotatable bonds is 3. The number of hydrogen-bond acceptors (Lipinski definition) is 2. The van der Waals surface area contributed by atoms with Gasteiger partial charge in [-0.2, -0.15) is 0 Å². The van der Waals surface area contributed by atoms with E-state index in [4.69, 9.17) is 4.74 Å². The molecule has 0 radical (unpaired) electrons. The van der Waals surface area contributed by atoms with Gasteiger partial charge in [0.05, 0.1) is 11.9 Å². The van der Waals surface area contributed by atoms with Crippen LogP contribution in [-0.4, -0.2) is 13.4 Å². The first-order valence-corrected chi connectivity index (χ1v) is 4.53. The number of benzene rings is 1. The zero-order chi connectivity index (χ0) is 9.84. The van der Waals surface area contributed by atoms with Gasteiger partial charge in [-0.15, -0.1) is 0 Å². The molecular weight excluding hydrogens is 239 g/mol. The Bertz CT molecular complexity index is 314. The molecule has 1 rings (SSSR count). The van der Waals surface area contributed by atoms with Crippen LogP contribution in [0.1, 0.15) is 10.4 Å². The van der Waals surface area contributed by atoms with Gasteiger partial charge in [0.1, 0.15) is 17.9 Å². The number of alkyl halides is 1. The van der Waals surface area contributed by atoms with Crippen LogP contribution in [0.2, 0.25) is 0 Å². The van der Waals surface area contributed by atoms with Gasteiger partial charge in [0.15, 0.2) is 0 Å². The van der Waals surface area contributed by atoms with E-state index in [9.17, 15) is 9.18 Å². The van der Waals surface area contributed by atoms with Gasteiger partial charge in [-0.3, -0.25) is 0 Å². The minimum atomic E-state index is -0.456. The van der Waals surface area contributed by atoms with E-state index in [-0.39, 0.29) is 5.82 Å². The monoisotopic (exact) mass is 246 g/mol. The van der Waals surface area contributed by atoms with Gasteiger partial charge in [0, 0.05) is 11.6 Å². The summed E-state index contributed by atoms with van der Waals surface area (Å²) in [6.45, 7) is 0. The molecule has 1 aromatic carbocycles. The lowest BCUT2D eigenvalue weighted by atomic mass is 10.1. The van der Waals surface area contributed by atoms with Crippen molar-refractivity contribution >= 4 is 22.2 Å². The predicted octanol–water partition coefficient (Wildman–Crippen LogP) is 2.47. The van der Waals surface area contributed by atoms with Crippen LogP contribution in [0.5, 0.6) is 5.75 Å². The van der Waals surface area contributed by atoms with Crippen molar-refractivity contribution in [1.29, 1.82) is 0 Å². The molecule has 1 aromatic rings. The average molecular weight is 247 g/mol. The number of carbonyl (C=O) groups is 1. The summed E-state index contributed by atoms with van der Waals surface area (Å²) in [6, 6.07) is 4.05. The van der Waals surface area contributed by atoms with Crippen LogP contribution < -0.4 is 4.74 Å². The number of methoxy groups -OCH3 is 1. The Hall–Kier alpha value is -0.900. The van der Waals surface area contributed by atoms with Crippen molar-refractivity contribution in [3.63, 3.8) is 0 Å². The molecule has 0 spiro atoms. The van der Waals surface area contributed by atoms with E-state index < -0.39 is 4.83 Å². The van der Waals surface area contributed by atoms with E-state index in [2.05, 4.69) is 15.9 Å². The maximum Gasteiger partial charge on any atom is 0.138 e. The minimum Gasteiger partial charge on any atom is -0.496 e. The van der Waals surface area contributed by atoms with Crippen molar-refractivity contribution in [1.82, 2.24) is 0 Å². The van der Waals surface area contributed by atoms with Crippen LogP contribution in [0.25, 0.3) is 0 Å². The fourth-order valence-electron chi connectivity index (χ4n) is 0.986. The van der Waals surface area contributed by atoms with Gasteiger partial charge in [-0.1, -0.05) is 22.0 Å². The van der Waals surface area contributed by atoms with E-state index in [1.165, 1.54) is 25.3 Å². The number of ether oxygens (including phenoxy) is 1. The molecule has 70 valence electrons. The average Bonchev–Trinajstić information content (AvgIpc) is 2.16. The summed E-state index contributed by atoms with van der Waals surface area (Å²) in [5.74, 6) is -0.0137. The molecule has 0 aromatic heterocycles. The Labute approximate surface area is 83.8 Å². The zero-order valence-electron chi connectivity index (χ0n) is 6.96. The smallest absolute Gasteiger partial charge is 0.138 e. The van der Waals surface area contributed by atoms with Crippen molar-refractivity contribution in [3.8, 4) is 5.75 Å². The van der Waals surface area contributed by atoms with Crippen molar-refractivity contribution in [2.75, 3.05) is 7.11 Å². The Balaban J connectivity index is 3.12. The summed E-state index contributed by atoms with van der Waals surface area (Å²) < 4.78 is 17.6. The molecule has 13 heavy (non-hydrogen) atoms. The molecule has 0 amide bonds. The Morgan fingerprint density at radius 2 is 2.31 bits per heavy atom. The summed E-state index contributed by atoms with van der Waals surface area (Å²) in [6.07, 6.45) is 0.718. The highest BCUT2D eigenvalue weighted by molar-refractivity contribution is 9.09. The number of halogens is 2. The quantitative estimate of drug-likeness (QED) is 0.605. The van der Waals surface area contributed by atoms with Crippen LogP contribution >= 0.6 is 15.9 Å². The third-order valence-corrected chi connectivity index (χ3v) is 2.32. The molecule has 0 N–H and O–H groups in total. The standard InChI is InChI=1S/C9H8BrFO2/c1-13-9-4-6(11)2-3-7(9)8(10)5-12/h2-5,8H,1H3. The molecule has 4 heteroatoms. The highest BCUT2D eigenvalue weighted by atomic mass is 79.9. The molecule has 0 bridgehead atoms. The molecule has 0 aliphatic rings. The molecule has 0 saturated carbocycles. The molecule has 0 aliphatic carbocycles. The second kappa shape index (κ2) is 4.37. The number of carbonyl (C=O) groups excluding carboxylic acids is 1. The second-order valence-corrected chi connectivity index (χ2v) is 3.41. The first-order chi connectivity index (χ1) is 6.19. The lowest BCUT2D eigenvalue weighted by molar-refractivity contribution is -0.107. The highest BCUT2D eigenvalue weighted by Crippen LogP contribution is 2.29. The van der Waals surface area contributed by atoms with Crippen LogP contribution in [0.4, 0.5) is 4.39 Å². The van der Waals surface area contributed by atoms with E-state index in [1.807, 2.05) is 0 Å². The minimum absolute atomic E-state index is 0.369. The summed E-state index contributed by atoms with van der Waals surface area (Å²) >= 11 is 3.13. The van der Waals surface area contributed by atoms with Crippen molar-refractivity contribution in [3.05, 3.63) is 29.6 Å². The van der Waals surface area contributed by atoms with Gasteiger partial charge >= 0.3 is 0 Å². The zero-order valence-corrected chi connectivity index (χ0v) is 8.55. The number of hydrogen-bond donors (Lipinski definition) is 0. The first-order valence-electron chi connectivity index (χ1n) is 3.62. The van der Waals surface area contributed by atoms with Crippen LogP contribution in [-0.2, 0) is 4.79 Å². The van der Waals surface area contributed by atoms with Crippen LogP contribution in [0.3, 0.4) is 0 Å². The molecule has 0 heterocycles. The van der Waals surface area contributed by atoms with E-state index in [0.717, 1.165) is 6.29 Å². The van der Waals surface area contributed by atoms with Gasteiger partial charge in [-0.05, 0) is 6.07 Å². The number of aldehydes is 1.